The number of benzene rings is 4. The second-order valence-corrected chi connectivity index (χ2v) is 11.8. The summed E-state index contributed by atoms with van der Waals surface area (Å²) in [5, 5.41) is 0. The van der Waals surface area contributed by atoms with Crippen LogP contribution in [-0.4, -0.2) is 41.8 Å². The molecule has 4 amide bonds. The van der Waals surface area contributed by atoms with E-state index in [4.69, 9.17) is 0 Å². The van der Waals surface area contributed by atoms with Crippen LogP contribution in [-0.2, 0) is 11.6 Å². The molecule has 0 radical (unpaired) electrons. The molecule has 6 nitrogen and oxygen atoms in total. The molecular weight excluding hydrogens is 626 g/mol. The maximum Gasteiger partial charge on any atom is 0.417 e. The highest BCUT2D eigenvalue weighted by Crippen LogP contribution is 2.48. The van der Waals surface area contributed by atoms with Crippen LogP contribution in [0.5, 0.6) is 0 Å². The topological polar surface area (TPSA) is 74.8 Å². The summed E-state index contributed by atoms with van der Waals surface area (Å²) in [5.74, 6) is -3.53. The van der Waals surface area contributed by atoms with Crippen molar-refractivity contribution in [3.63, 3.8) is 0 Å². The summed E-state index contributed by atoms with van der Waals surface area (Å²) in [6.07, 6.45) is -9.87. The van der Waals surface area contributed by atoms with Gasteiger partial charge in [0.15, 0.2) is 0 Å². The number of hydrogen-bond donors (Lipinski definition) is 0. The predicted molar refractivity (Wildman–Crippen MR) is 159 cm³/mol. The van der Waals surface area contributed by atoms with Gasteiger partial charge < -0.3 is 0 Å². The lowest BCUT2D eigenvalue weighted by atomic mass is 9.74. The lowest BCUT2D eigenvalue weighted by Gasteiger charge is -2.33. The first-order valence-electron chi connectivity index (χ1n) is 14.2. The SMILES string of the molecule is Cc1ccc(-c2ccc(N3C(=O)c4ccc(C(C)(c5ccc6c(c5)C(=O)N(C)C6=O)C(F)(F)F)cc4C3=O)cc2C(F)(F)F)c(C)c1. The molecule has 240 valence electrons. The molecule has 0 fully saturated rings. The van der Waals surface area contributed by atoms with Crippen LogP contribution < -0.4 is 4.90 Å². The molecule has 1 unspecified atom stereocenters. The zero-order valence-corrected chi connectivity index (χ0v) is 25.2. The molecular formula is C35H24F6N2O4. The molecule has 0 N–H and O–H groups in total. The molecule has 0 saturated heterocycles. The fourth-order valence-corrected chi connectivity index (χ4v) is 6.21. The number of rotatable bonds is 4. The molecule has 0 aromatic heterocycles. The van der Waals surface area contributed by atoms with E-state index in [1.165, 1.54) is 13.1 Å². The van der Waals surface area contributed by atoms with Crippen molar-refractivity contribution >= 4 is 29.3 Å². The summed E-state index contributed by atoms with van der Waals surface area (Å²) in [6, 6.07) is 14.1. The van der Waals surface area contributed by atoms with Crippen molar-refractivity contribution in [2.24, 2.45) is 0 Å². The summed E-state index contributed by atoms with van der Waals surface area (Å²) in [6.45, 7) is 4.29. The van der Waals surface area contributed by atoms with Crippen molar-refractivity contribution in [3.8, 4) is 11.1 Å². The Morgan fingerprint density at radius 2 is 1.04 bits per heavy atom. The molecule has 47 heavy (non-hydrogen) atoms. The van der Waals surface area contributed by atoms with E-state index in [1.807, 2.05) is 0 Å². The van der Waals surface area contributed by atoms with E-state index in [0.29, 0.717) is 22.1 Å². The maximum absolute atomic E-state index is 14.9. The van der Waals surface area contributed by atoms with Gasteiger partial charge in [0, 0.05) is 7.05 Å². The van der Waals surface area contributed by atoms with Crippen LogP contribution in [0.1, 0.15) is 76.2 Å². The summed E-state index contributed by atoms with van der Waals surface area (Å²) in [5.41, 5.74) is -4.61. The zero-order valence-electron chi connectivity index (χ0n) is 25.2. The van der Waals surface area contributed by atoms with Crippen molar-refractivity contribution in [1.29, 1.82) is 0 Å². The largest absolute Gasteiger partial charge is 0.417 e. The number of carbonyl (C=O) groups excluding carboxylic acids is 4. The number of aryl methyl sites for hydroxylation is 2. The summed E-state index contributed by atoms with van der Waals surface area (Å²) in [4.78, 5) is 53.2. The fraction of sp³-hybridized carbons (Fsp3) is 0.200. The summed E-state index contributed by atoms with van der Waals surface area (Å²) >= 11 is 0. The second-order valence-electron chi connectivity index (χ2n) is 11.8. The minimum absolute atomic E-state index is 0.0575. The molecule has 0 bridgehead atoms. The number of alkyl halides is 6. The minimum atomic E-state index is -5.00. The van der Waals surface area contributed by atoms with Gasteiger partial charge in [-0.25, -0.2) is 4.90 Å². The van der Waals surface area contributed by atoms with Gasteiger partial charge in [-0.1, -0.05) is 42.0 Å². The van der Waals surface area contributed by atoms with Crippen LogP contribution in [0.3, 0.4) is 0 Å². The lowest BCUT2D eigenvalue weighted by Crippen LogP contribution is -2.41. The maximum atomic E-state index is 14.9. The van der Waals surface area contributed by atoms with E-state index in [2.05, 4.69) is 0 Å². The number of halogens is 6. The van der Waals surface area contributed by atoms with Gasteiger partial charge in [0.05, 0.1) is 33.5 Å². The van der Waals surface area contributed by atoms with Gasteiger partial charge in [-0.05, 0) is 85.0 Å². The number of anilines is 1. The molecule has 2 aliphatic rings. The first kappa shape index (κ1) is 31.7. The van der Waals surface area contributed by atoms with Crippen molar-refractivity contribution < 1.29 is 45.5 Å². The first-order valence-corrected chi connectivity index (χ1v) is 14.2. The van der Waals surface area contributed by atoms with Gasteiger partial charge in [0.25, 0.3) is 23.6 Å². The first-order chi connectivity index (χ1) is 21.9. The number of nitrogens with zero attached hydrogens (tertiary/aromatic N) is 2. The monoisotopic (exact) mass is 650 g/mol. The van der Waals surface area contributed by atoms with Gasteiger partial charge >= 0.3 is 12.4 Å². The molecule has 6 rings (SSSR count). The van der Waals surface area contributed by atoms with Crippen LogP contribution >= 0.6 is 0 Å². The Morgan fingerprint density at radius 1 is 0.553 bits per heavy atom. The Morgan fingerprint density at radius 3 is 1.60 bits per heavy atom. The summed E-state index contributed by atoms with van der Waals surface area (Å²) in [7, 11) is 1.21. The van der Waals surface area contributed by atoms with E-state index < -0.39 is 69.3 Å². The van der Waals surface area contributed by atoms with Crippen LogP contribution in [0.4, 0.5) is 32.0 Å². The number of hydrogen-bond acceptors (Lipinski definition) is 4. The van der Waals surface area contributed by atoms with Crippen molar-refractivity contribution in [2.45, 2.75) is 38.5 Å². The van der Waals surface area contributed by atoms with E-state index in [0.717, 1.165) is 59.9 Å². The van der Waals surface area contributed by atoms with E-state index >= 15 is 0 Å². The molecule has 12 heteroatoms. The van der Waals surface area contributed by atoms with Crippen LogP contribution in [0.2, 0.25) is 0 Å². The van der Waals surface area contributed by atoms with E-state index in [-0.39, 0.29) is 22.3 Å². The third-order valence-corrected chi connectivity index (χ3v) is 8.94. The Bertz CT molecular complexity index is 2070. The van der Waals surface area contributed by atoms with Crippen LogP contribution in [0.25, 0.3) is 11.1 Å². The second kappa shape index (κ2) is 10.4. The average molecular weight is 651 g/mol. The molecule has 1 atom stereocenters. The third kappa shape index (κ3) is 4.73. The van der Waals surface area contributed by atoms with Crippen molar-refractivity contribution in [3.05, 3.63) is 123 Å². The highest BCUT2D eigenvalue weighted by molar-refractivity contribution is 6.34. The van der Waals surface area contributed by atoms with E-state index in [1.54, 1.807) is 32.0 Å². The quantitative estimate of drug-likeness (QED) is 0.166. The van der Waals surface area contributed by atoms with Crippen molar-refractivity contribution in [2.75, 3.05) is 11.9 Å². The van der Waals surface area contributed by atoms with Crippen LogP contribution in [0, 0.1) is 13.8 Å². The molecule has 2 aliphatic heterocycles. The molecule has 2 heterocycles. The van der Waals surface area contributed by atoms with Crippen LogP contribution in [0.15, 0.2) is 72.8 Å². The molecule has 0 saturated carbocycles. The zero-order chi connectivity index (χ0) is 34.4. The lowest BCUT2D eigenvalue weighted by molar-refractivity contribution is -0.173. The number of fused-ring (bicyclic) bond motifs is 2. The van der Waals surface area contributed by atoms with Crippen molar-refractivity contribution in [1.82, 2.24) is 4.90 Å². The number of imide groups is 2. The smallest absolute Gasteiger partial charge is 0.277 e. The Balaban J connectivity index is 1.44. The molecule has 4 aromatic rings. The van der Waals surface area contributed by atoms with E-state index in [9.17, 15) is 45.5 Å². The highest BCUT2D eigenvalue weighted by atomic mass is 19.4. The summed E-state index contributed by atoms with van der Waals surface area (Å²) < 4.78 is 87.7. The normalized spacial score (nSPS) is 16.1. The van der Waals surface area contributed by atoms with Gasteiger partial charge in [0.2, 0.25) is 0 Å². The average Bonchev–Trinajstić information content (AvgIpc) is 3.38. The van der Waals surface area contributed by atoms with Gasteiger partial charge in [-0.2, -0.15) is 26.3 Å². The van der Waals surface area contributed by atoms with Gasteiger partial charge in [-0.15, -0.1) is 0 Å². The van der Waals surface area contributed by atoms with Gasteiger partial charge in [-0.3, -0.25) is 24.1 Å². The molecule has 0 aliphatic carbocycles. The molecule has 4 aromatic carbocycles. The van der Waals surface area contributed by atoms with Gasteiger partial charge in [0.1, 0.15) is 5.41 Å². The fourth-order valence-electron chi connectivity index (χ4n) is 6.21. The standard InChI is InChI=1S/C35H24F6N2O4/c1-17-5-9-22(18(2)13-17)23-12-8-21(16-28(23)34(36,37)38)43-31(46)25-11-7-20(15-27(25)32(43)47)33(3,35(39,40)41)19-6-10-24-26(14-19)30(45)42(4)29(24)44/h5-16H,1-4H3. The minimum Gasteiger partial charge on any atom is -0.277 e. The number of amides is 4. The third-order valence-electron chi connectivity index (χ3n) is 8.94. The Labute approximate surface area is 264 Å². The number of carbonyl (C=O) groups is 4. The predicted octanol–water partition coefficient (Wildman–Crippen LogP) is 7.88. The Hall–Kier alpha value is -5.26. The Kier molecular flexibility index (Phi) is 7.00. The molecule has 0 spiro atoms. The highest BCUT2D eigenvalue weighted by Gasteiger charge is 2.55.